The number of aryl methyl sites for hydroxylation is 1. The van der Waals surface area contributed by atoms with E-state index in [2.05, 4.69) is 15.4 Å². The highest BCUT2D eigenvalue weighted by molar-refractivity contribution is 6.32. The van der Waals surface area contributed by atoms with Crippen LogP contribution in [0.5, 0.6) is 5.75 Å². The second-order valence-corrected chi connectivity index (χ2v) is 5.10. The lowest BCUT2D eigenvalue weighted by atomic mass is 10.3. The standard InChI is InChI=1S/C15H13ClN4O2/c1-9-7-14-17-6-5-12(20(14)19-9)15(21)18-10-3-4-13(22-2)11(16)8-10/h3-8H,1-2H3,(H,18,21). The van der Waals surface area contributed by atoms with Gasteiger partial charge in [-0.2, -0.15) is 5.10 Å². The maximum atomic E-state index is 12.4. The van der Waals surface area contributed by atoms with E-state index in [0.29, 0.717) is 27.8 Å². The van der Waals surface area contributed by atoms with Crippen LogP contribution in [0.2, 0.25) is 5.02 Å². The van der Waals surface area contributed by atoms with Crippen molar-refractivity contribution in [3.63, 3.8) is 0 Å². The predicted octanol–water partition coefficient (Wildman–Crippen LogP) is 2.95. The van der Waals surface area contributed by atoms with Crippen molar-refractivity contribution in [1.29, 1.82) is 0 Å². The van der Waals surface area contributed by atoms with Gasteiger partial charge in [0.05, 0.1) is 17.8 Å². The summed E-state index contributed by atoms with van der Waals surface area (Å²) in [5, 5.41) is 7.48. The maximum Gasteiger partial charge on any atom is 0.274 e. The summed E-state index contributed by atoms with van der Waals surface area (Å²) in [7, 11) is 1.53. The van der Waals surface area contributed by atoms with Crippen molar-refractivity contribution in [2.45, 2.75) is 6.92 Å². The highest BCUT2D eigenvalue weighted by Crippen LogP contribution is 2.27. The molecule has 2 heterocycles. The minimum atomic E-state index is -0.295. The fourth-order valence-electron chi connectivity index (χ4n) is 2.12. The van der Waals surface area contributed by atoms with Crippen molar-refractivity contribution in [2.24, 2.45) is 0 Å². The van der Waals surface area contributed by atoms with Gasteiger partial charge < -0.3 is 10.1 Å². The molecule has 0 spiro atoms. The number of carbonyl (C=O) groups is 1. The molecule has 0 aliphatic heterocycles. The highest BCUT2D eigenvalue weighted by atomic mass is 35.5. The number of carbonyl (C=O) groups excluding carboxylic acids is 1. The first-order valence-electron chi connectivity index (χ1n) is 6.55. The Kier molecular flexibility index (Phi) is 3.68. The van der Waals surface area contributed by atoms with Crippen LogP contribution in [0.1, 0.15) is 16.2 Å². The summed E-state index contributed by atoms with van der Waals surface area (Å²) >= 11 is 6.05. The average Bonchev–Trinajstić information content (AvgIpc) is 2.87. The summed E-state index contributed by atoms with van der Waals surface area (Å²) in [5.74, 6) is 0.255. The van der Waals surface area contributed by atoms with E-state index in [0.717, 1.165) is 5.69 Å². The number of hydrogen-bond acceptors (Lipinski definition) is 4. The molecule has 1 aromatic carbocycles. The fraction of sp³-hybridized carbons (Fsp3) is 0.133. The van der Waals surface area contributed by atoms with E-state index in [1.807, 2.05) is 6.92 Å². The molecule has 0 atom stereocenters. The average molecular weight is 317 g/mol. The summed E-state index contributed by atoms with van der Waals surface area (Å²) in [5.41, 5.74) is 2.38. The van der Waals surface area contributed by atoms with Crippen molar-refractivity contribution < 1.29 is 9.53 Å². The number of anilines is 1. The molecule has 0 radical (unpaired) electrons. The largest absolute Gasteiger partial charge is 0.495 e. The molecule has 3 rings (SSSR count). The van der Waals surface area contributed by atoms with Gasteiger partial charge in [0.1, 0.15) is 11.4 Å². The third-order valence-electron chi connectivity index (χ3n) is 3.12. The molecule has 0 unspecified atom stereocenters. The summed E-state index contributed by atoms with van der Waals surface area (Å²) in [6.07, 6.45) is 1.58. The Morgan fingerprint density at radius 1 is 1.32 bits per heavy atom. The molecule has 7 heteroatoms. The van der Waals surface area contributed by atoms with Crippen LogP contribution in [0.15, 0.2) is 36.5 Å². The molecule has 3 aromatic rings. The quantitative estimate of drug-likeness (QED) is 0.806. The number of ether oxygens (including phenoxy) is 1. The molecular formula is C15H13ClN4O2. The molecule has 1 amide bonds. The Hall–Kier alpha value is -2.60. The lowest BCUT2D eigenvalue weighted by Gasteiger charge is -2.08. The monoisotopic (exact) mass is 316 g/mol. The predicted molar refractivity (Wildman–Crippen MR) is 83.7 cm³/mol. The SMILES string of the molecule is COc1ccc(NC(=O)c2ccnc3cc(C)nn23)cc1Cl. The van der Waals surface area contributed by atoms with Crippen molar-refractivity contribution in [3.8, 4) is 5.75 Å². The van der Waals surface area contributed by atoms with E-state index in [4.69, 9.17) is 16.3 Å². The minimum Gasteiger partial charge on any atom is -0.495 e. The van der Waals surface area contributed by atoms with Crippen molar-refractivity contribution in [2.75, 3.05) is 12.4 Å². The van der Waals surface area contributed by atoms with Gasteiger partial charge in [-0.3, -0.25) is 4.79 Å². The number of fused-ring (bicyclic) bond motifs is 1. The van der Waals surface area contributed by atoms with Crippen LogP contribution in [0, 0.1) is 6.92 Å². The summed E-state index contributed by atoms with van der Waals surface area (Å²) in [4.78, 5) is 16.6. The number of benzene rings is 1. The van der Waals surface area contributed by atoms with Gasteiger partial charge in [0, 0.05) is 18.0 Å². The zero-order valence-electron chi connectivity index (χ0n) is 12.0. The van der Waals surface area contributed by atoms with Crippen molar-refractivity contribution in [1.82, 2.24) is 14.6 Å². The number of amides is 1. The zero-order valence-corrected chi connectivity index (χ0v) is 12.8. The van der Waals surface area contributed by atoms with Crippen molar-refractivity contribution >= 4 is 28.8 Å². The van der Waals surface area contributed by atoms with Gasteiger partial charge in [0.15, 0.2) is 5.65 Å². The fourth-order valence-corrected chi connectivity index (χ4v) is 2.38. The number of nitrogens with zero attached hydrogens (tertiary/aromatic N) is 3. The van der Waals surface area contributed by atoms with Gasteiger partial charge in [0.2, 0.25) is 0 Å². The van der Waals surface area contributed by atoms with Crippen LogP contribution < -0.4 is 10.1 Å². The Balaban J connectivity index is 1.92. The summed E-state index contributed by atoms with van der Waals surface area (Å²) in [6, 6.07) is 8.46. The second-order valence-electron chi connectivity index (χ2n) is 4.69. The lowest BCUT2D eigenvalue weighted by Crippen LogP contribution is -2.16. The normalized spacial score (nSPS) is 10.7. The van der Waals surface area contributed by atoms with Gasteiger partial charge in [-0.05, 0) is 31.2 Å². The Morgan fingerprint density at radius 2 is 2.14 bits per heavy atom. The summed E-state index contributed by atoms with van der Waals surface area (Å²) < 4.78 is 6.59. The van der Waals surface area contributed by atoms with E-state index in [1.165, 1.54) is 11.6 Å². The molecule has 22 heavy (non-hydrogen) atoms. The molecule has 0 aliphatic rings. The third kappa shape index (κ3) is 2.60. The Labute approximate surface area is 131 Å². The molecule has 112 valence electrons. The number of halogens is 1. The molecule has 2 aromatic heterocycles. The smallest absolute Gasteiger partial charge is 0.274 e. The Bertz CT molecular complexity index is 860. The highest BCUT2D eigenvalue weighted by Gasteiger charge is 2.13. The van der Waals surface area contributed by atoms with Crippen LogP contribution in [-0.4, -0.2) is 27.6 Å². The van der Waals surface area contributed by atoms with Crippen LogP contribution in [0.4, 0.5) is 5.69 Å². The molecule has 0 fully saturated rings. The van der Waals surface area contributed by atoms with Gasteiger partial charge in [0.25, 0.3) is 5.91 Å². The van der Waals surface area contributed by atoms with E-state index >= 15 is 0 Å². The number of rotatable bonds is 3. The molecule has 6 nitrogen and oxygen atoms in total. The molecule has 1 N–H and O–H groups in total. The molecule has 0 bridgehead atoms. The molecular weight excluding hydrogens is 304 g/mol. The van der Waals surface area contributed by atoms with Gasteiger partial charge in [-0.1, -0.05) is 11.6 Å². The topological polar surface area (TPSA) is 68.5 Å². The Morgan fingerprint density at radius 3 is 2.86 bits per heavy atom. The third-order valence-corrected chi connectivity index (χ3v) is 3.42. The molecule has 0 saturated carbocycles. The van der Waals surface area contributed by atoms with Gasteiger partial charge in [-0.15, -0.1) is 0 Å². The van der Waals surface area contributed by atoms with Crippen molar-refractivity contribution in [3.05, 3.63) is 52.9 Å². The number of methoxy groups -OCH3 is 1. The van der Waals surface area contributed by atoms with Crippen LogP contribution in [-0.2, 0) is 0 Å². The van der Waals surface area contributed by atoms with Gasteiger partial charge >= 0.3 is 0 Å². The van der Waals surface area contributed by atoms with E-state index in [9.17, 15) is 4.79 Å². The number of aromatic nitrogens is 3. The van der Waals surface area contributed by atoms with Crippen LogP contribution in [0.3, 0.4) is 0 Å². The van der Waals surface area contributed by atoms with Crippen LogP contribution >= 0.6 is 11.6 Å². The first kappa shape index (κ1) is 14.3. The van der Waals surface area contributed by atoms with E-state index in [-0.39, 0.29) is 5.91 Å². The molecule has 0 saturated heterocycles. The first-order valence-corrected chi connectivity index (χ1v) is 6.92. The van der Waals surface area contributed by atoms with E-state index in [1.54, 1.807) is 36.5 Å². The molecule has 0 aliphatic carbocycles. The van der Waals surface area contributed by atoms with Gasteiger partial charge in [-0.25, -0.2) is 9.50 Å². The first-order chi connectivity index (χ1) is 10.6. The van der Waals surface area contributed by atoms with Crippen LogP contribution in [0.25, 0.3) is 5.65 Å². The maximum absolute atomic E-state index is 12.4. The number of nitrogens with one attached hydrogen (secondary N) is 1. The zero-order chi connectivity index (χ0) is 15.7. The number of hydrogen-bond donors (Lipinski definition) is 1. The second kappa shape index (κ2) is 5.65. The van der Waals surface area contributed by atoms with E-state index < -0.39 is 0 Å². The summed E-state index contributed by atoms with van der Waals surface area (Å²) in [6.45, 7) is 1.85. The lowest BCUT2D eigenvalue weighted by molar-refractivity contribution is 0.102. The minimum absolute atomic E-state index is 0.295.